The Hall–Kier alpha value is -7.58. The van der Waals surface area contributed by atoms with Crippen molar-refractivity contribution in [2.45, 2.75) is 97.4 Å². The van der Waals surface area contributed by atoms with Gasteiger partial charge in [-0.3, -0.25) is 23.7 Å². The van der Waals surface area contributed by atoms with Crippen molar-refractivity contribution in [2.75, 3.05) is 9.80 Å². The first kappa shape index (κ1) is 45.8. The smallest absolute Gasteiger partial charge is 0.266 e. The van der Waals surface area contributed by atoms with Crippen LogP contribution in [0.25, 0.3) is 38.0 Å². The quantitative estimate of drug-likeness (QED) is 0.102. The molecule has 3 aliphatic rings. The Morgan fingerprint density at radius 3 is 1.75 bits per heavy atom. The van der Waals surface area contributed by atoms with Gasteiger partial charge in [-0.05, 0) is 152 Å². The second kappa shape index (κ2) is 17.1. The van der Waals surface area contributed by atoms with Gasteiger partial charge in [-0.2, -0.15) is 0 Å². The van der Waals surface area contributed by atoms with Crippen LogP contribution in [0.5, 0.6) is 0 Å². The lowest BCUT2D eigenvalue weighted by Gasteiger charge is -2.34. The fraction of sp³-hybridized carbons (Fsp3) is 0.270. The topological polar surface area (TPSA) is 84.6 Å². The van der Waals surface area contributed by atoms with Crippen LogP contribution in [0.4, 0.5) is 28.4 Å². The summed E-state index contributed by atoms with van der Waals surface area (Å²) >= 11 is 0. The van der Waals surface area contributed by atoms with Crippen LogP contribution in [-0.4, -0.2) is 9.13 Å². The molecular formula is C63H60N4O4. The minimum Gasteiger partial charge on any atom is -0.311 e. The number of hydrogen-bond donors (Lipinski definition) is 0. The molecule has 0 N–H and O–H groups in total. The van der Waals surface area contributed by atoms with Crippen molar-refractivity contribution < 1.29 is 0 Å². The molecule has 6 aromatic carbocycles. The van der Waals surface area contributed by atoms with Gasteiger partial charge in [0.15, 0.2) is 0 Å². The summed E-state index contributed by atoms with van der Waals surface area (Å²) in [5.74, 6) is 0. The summed E-state index contributed by atoms with van der Waals surface area (Å²) < 4.78 is 2.50. The van der Waals surface area contributed by atoms with E-state index in [1.165, 1.54) is 22.3 Å². The maximum Gasteiger partial charge on any atom is 0.266 e. The number of fused-ring (bicyclic) bond motifs is 3. The molecule has 71 heavy (non-hydrogen) atoms. The van der Waals surface area contributed by atoms with Crippen LogP contribution in [0.3, 0.4) is 0 Å². The second-order valence-corrected chi connectivity index (χ2v) is 20.8. The van der Waals surface area contributed by atoms with E-state index in [0.29, 0.717) is 18.5 Å². The SMILES string of the molecule is CCCC(C)(CC)c1cccc(N(C2=CC34C=CC=CC3(C=C2)C4)c2ccc(N(c3cccc(-n4c(=O)c5cc6c(=O)n(C(C)(CC)CCC)c(=O)c6cc5c4=O)c3)c3ccc4ccccc4c3)cc2)c1. The molecular weight excluding hydrogens is 877 g/mol. The standard InChI is InChI=1S/C63H60N4O4/c1-7-30-60(5,9-3)44-19-15-20-47(36-44)65(51-29-34-62-32-13-14-33-63(62,40-51)41-62)46-27-25-45(26-28-46)64(50-24-23-42-17-11-12-18-43(42)35-50)48-21-16-22-49(37-48)66-56(68)52-38-54-55(39-53(52)57(66)69)59(71)67(58(54)70)61(6,10-4)31-8-2/h11-29,32-40H,7-10,30-31,41H2,1-6H3. The molecule has 8 nitrogen and oxygen atoms in total. The Kier molecular flexibility index (Phi) is 11.0. The highest BCUT2D eigenvalue weighted by Crippen LogP contribution is 2.71. The summed E-state index contributed by atoms with van der Waals surface area (Å²) in [6.07, 6.45) is 22.5. The normalized spacial score (nSPS) is 19.6. The van der Waals surface area contributed by atoms with Crippen LogP contribution in [-0.2, 0) is 11.0 Å². The van der Waals surface area contributed by atoms with E-state index in [-0.39, 0.29) is 37.8 Å². The van der Waals surface area contributed by atoms with Crippen molar-refractivity contribution >= 4 is 60.8 Å². The summed E-state index contributed by atoms with van der Waals surface area (Å²) in [7, 11) is 0. The first-order valence-corrected chi connectivity index (χ1v) is 25.4. The first-order valence-electron chi connectivity index (χ1n) is 25.4. The van der Waals surface area contributed by atoms with Crippen molar-refractivity contribution in [1.82, 2.24) is 9.13 Å². The first-order chi connectivity index (χ1) is 34.3. The second-order valence-electron chi connectivity index (χ2n) is 20.8. The molecule has 2 aromatic heterocycles. The van der Waals surface area contributed by atoms with Crippen LogP contribution < -0.4 is 32.0 Å². The largest absolute Gasteiger partial charge is 0.311 e. The molecule has 11 rings (SSSR count). The lowest BCUT2D eigenvalue weighted by atomic mass is 9.76. The van der Waals surface area contributed by atoms with E-state index in [2.05, 4.69) is 152 Å². The van der Waals surface area contributed by atoms with E-state index in [1.807, 2.05) is 51.1 Å². The molecule has 2 heterocycles. The monoisotopic (exact) mass is 936 g/mol. The number of nitrogens with zero attached hydrogens (tertiary/aromatic N) is 4. The third-order valence-corrected chi connectivity index (χ3v) is 16.5. The molecule has 0 bridgehead atoms. The number of benzene rings is 6. The molecule has 3 aliphatic carbocycles. The Morgan fingerprint density at radius 2 is 1.10 bits per heavy atom. The van der Waals surface area contributed by atoms with E-state index in [9.17, 15) is 19.2 Å². The maximum absolute atomic E-state index is 14.4. The minimum absolute atomic E-state index is 0.0393. The van der Waals surface area contributed by atoms with Crippen molar-refractivity contribution in [2.24, 2.45) is 10.8 Å². The molecule has 1 saturated carbocycles. The van der Waals surface area contributed by atoms with Gasteiger partial charge in [0.2, 0.25) is 0 Å². The van der Waals surface area contributed by atoms with Crippen molar-refractivity contribution in [3.05, 3.63) is 223 Å². The molecule has 4 atom stereocenters. The van der Waals surface area contributed by atoms with Crippen LogP contribution >= 0.6 is 0 Å². The predicted octanol–water partition coefficient (Wildman–Crippen LogP) is 14.0. The van der Waals surface area contributed by atoms with E-state index in [0.717, 1.165) is 81.6 Å². The summed E-state index contributed by atoms with van der Waals surface area (Å²) in [6, 6.07) is 42.7. The van der Waals surface area contributed by atoms with Crippen LogP contribution in [0, 0.1) is 10.8 Å². The zero-order chi connectivity index (χ0) is 49.5. The summed E-state index contributed by atoms with van der Waals surface area (Å²) in [5.41, 5.74) is 4.91. The predicted molar refractivity (Wildman–Crippen MR) is 293 cm³/mol. The molecule has 0 amide bonds. The Balaban J connectivity index is 1.03. The molecule has 4 unspecified atom stereocenters. The van der Waals surface area contributed by atoms with Crippen molar-refractivity contribution in [1.29, 1.82) is 0 Å². The van der Waals surface area contributed by atoms with Gasteiger partial charge in [0.1, 0.15) is 0 Å². The highest BCUT2D eigenvalue weighted by molar-refractivity contribution is 5.98. The van der Waals surface area contributed by atoms with Gasteiger partial charge >= 0.3 is 0 Å². The van der Waals surface area contributed by atoms with E-state index in [4.69, 9.17) is 0 Å². The lowest BCUT2D eigenvalue weighted by Crippen LogP contribution is -2.42. The van der Waals surface area contributed by atoms with Gasteiger partial charge in [0.25, 0.3) is 22.2 Å². The Morgan fingerprint density at radius 1 is 0.521 bits per heavy atom. The highest BCUT2D eigenvalue weighted by Gasteiger charge is 2.63. The Bertz CT molecular complexity index is 3710. The molecule has 0 spiro atoms. The lowest BCUT2D eigenvalue weighted by molar-refractivity contribution is 0.268. The van der Waals surface area contributed by atoms with E-state index < -0.39 is 27.8 Å². The number of allylic oxidation sites excluding steroid dienone is 7. The fourth-order valence-corrected chi connectivity index (χ4v) is 12.0. The maximum atomic E-state index is 14.4. The zero-order valence-corrected chi connectivity index (χ0v) is 41.5. The van der Waals surface area contributed by atoms with Gasteiger partial charge in [-0.15, -0.1) is 0 Å². The molecule has 1 fully saturated rings. The third-order valence-electron chi connectivity index (χ3n) is 16.5. The highest BCUT2D eigenvalue weighted by atomic mass is 16.2. The van der Waals surface area contributed by atoms with Crippen LogP contribution in [0.1, 0.15) is 92.1 Å². The summed E-state index contributed by atoms with van der Waals surface area (Å²) in [4.78, 5) is 61.3. The summed E-state index contributed by atoms with van der Waals surface area (Å²) in [5, 5.41) is 2.73. The molecule has 356 valence electrons. The third kappa shape index (κ3) is 7.24. The van der Waals surface area contributed by atoms with Gasteiger partial charge in [-0.25, -0.2) is 4.57 Å². The van der Waals surface area contributed by atoms with Gasteiger partial charge < -0.3 is 9.80 Å². The van der Waals surface area contributed by atoms with Crippen molar-refractivity contribution in [3.8, 4) is 5.69 Å². The van der Waals surface area contributed by atoms with E-state index in [1.54, 1.807) is 6.07 Å². The van der Waals surface area contributed by atoms with Crippen molar-refractivity contribution in [3.63, 3.8) is 0 Å². The van der Waals surface area contributed by atoms with Gasteiger partial charge in [-0.1, -0.05) is 126 Å². The number of anilines is 5. The average molecular weight is 937 g/mol. The average Bonchev–Trinajstić information content (AvgIpc) is 3.94. The number of rotatable bonds is 15. The molecule has 8 heteroatoms. The molecule has 0 saturated heterocycles. The molecule has 0 aliphatic heterocycles. The molecule has 0 radical (unpaired) electrons. The van der Waals surface area contributed by atoms with Gasteiger partial charge in [0, 0.05) is 50.5 Å². The van der Waals surface area contributed by atoms with Crippen LogP contribution in [0.2, 0.25) is 0 Å². The zero-order valence-electron chi connectivity index (χ0n) is 41.5. The molecule has 8 aromatic rings. The van der Waals surface area contributed by atoms with Gasteiger partial charge in [0.05, 0.1) is 27.2 Å². The number of hydrogen-bond acceptors (Lipinski definition) is 6. The minimum atomic E-state index is -0.681. The van der Waals surface area contributed by atoms with E-state index >= 15 is 0 Å². The number of aromatic nitrogens is 2. The Labute approximate surface area is 414 Å². The summed E-state index contributed by atoms with van der Waals surface area (Å²) in [6.45, 7) is 12.9. The fourth-order valence-electron chi connectivity index (χ4n) is 12.0. The van der Waals surface area contributed by atoms with Crippen LogP contribution in [0.15, 0.2) is 195 Å².